The first-order chi connectivity index (χ1) is 14.0. The van der Waals surface area contributed by atoms with Gasteiger partial charge in [-0.25, -0.2) is 9.97 Å². The average Bonchev–Trinajstić information content (AvgIpc) is 2.72. The Hall–Kier alpha value is -2.73. The molecule has 1 heterocycles. The summed E-state index contributed by atoms with van der Waals surface area (Å²) in [4.78, 5) is 20.6. The summed E-state index contributed by atoms with van der Waals surface area (Å²) in [6, 6.07) is 6.27. The molecule has 0 amide bonds. The molecule has 1 N–H and O–H groups in total. The number of allylic oxidation sites excluding steroid dienone is 2. The van der Waals surface area contributed by atoms with Crippen molar-refractivity contribution >= 4 is 28.8 Å². The van der Waals surface area contributed by atoms with Crippen LogP contribution in [0.5, 0.6) is 0 Å². The third-order valence-corrected chi connectivity index (χ3v) is 4.01. The summed E-state index contributed by atoms with van der Waals surface area (Å²) in [6.07, 6.45) is 10.8. The third kappa shape index (κ3) is 8.44. The Morgan fingerprint density at radius 1 is 1.34 bits per heavy atom. The second-order valence-electron chi connectivity index (χ2n) is 6.67. The van der Waals surface area contributed by atoms with Crippen LogP contribution in [-0.4, -0.2) is 48.0 Å². The van der Waals surface area contributed by atoms with E-state index in [4.69, 9.17) is 4.74 Å². The number of ether oxygens (including phenoxy) is 1. The molecular formula is C23H34N4O2. The van der Waals surface area contributed by atoms with Crippen molar-refractivity contribution in [3.8, 4) is 0 Å². The van der Waals surface area contributed by atoms with Crippen LogP contribution >= 0.6 is 0 Å². The maximum atomic E-state index is 9.71. The molecule has 6 nitrogen and oxygen atoms in total. The van der Waals surface area contributed by atoms with Gasteiger partial charge in [-0.05, 0) is 45.0 Å². The van der Waals surface area contributed by atoms with Crippen LogP contribution in [0.4, 0.5) is 5.95 Å². The van der Waals surface area contributed by atoms with E-state index in [1.807, 2.05) is 27.1 Å². The van der Waals surface area contributed by atoms with Crippen molar-refractivity contribution in [2.75, 3.05) is 26.0 Å². The van der Waals surface area contributed by atoms with Crippen LogP contribution in [0.15, 0.2) is 42.7 Å². The van der Waals surface area contributed by atoms with Crippen molar-refractivity contribution in [1.29, 1.82) is 0 Å². The van der Waals surface area contributed by atoms with E-state index in [-0.39, 0.29) is 6.10 Å². The fourth-order valence-corrected chi connectivity index (χ4v) is 2.57. The summed E-state index contributed by atoms with van der Waals surface area (Å²) in [5.41, 5.74) is 3.25. The number of hydrogen-bond acceptors (Lipinski definition) is 6. The Bertz CT molecular complexity index is 816. The summed E-state index contributed by atoms with van der Waals surface area (Å²) in [5, 5.41) is 4.02. The van der Waals surface area contributed by atoms with Gasteiger partial charge in [0.1, 0.15) is 6.29 Å². The van der Waals surface area contributed by atoms with Crippen molar-refractivity contribution in [2.24, 2.45) is 0 Å². The molecule has 0 atom stereocenters. The summed E-state index contributed by atoms with van der Waals surface area (Å²) >= 11 is 0. The topological polar surface area (TPSA) is 67.3 Å². The molecule has 1 aromatic carbocycles. The lowest BCUT2D eigenvalue weighted by molar-refractivity contribution is -0.109. The van der Waals surface area contributed by atoms with Gasteiger partial charge in [0.25, 0.3) is 0 Å². The van der Waals surface area contributed by atoms with Crippen molar-refractivity contribution in [3.05, 3.63) is 48.3 Å². The number of hydrogen-bond donors (Lipinski definition) is 1. The first kappa shape index (κ1) is 24.3. The monoisotopic (exact) mass is 398 g/mol. The van der Waals surface area contributed by atoms with Crippen LogP contribution < -0.4 is 5.32 Å². The van der Waals surface area contributed by atoms with Gasteiger partial charge >= 0.3 is 0 Å². The predicted octanol–water partition coefficient (Wildman–Crippen LogP) is 4.89. The molecule has 0 saturated heterocycles. The van der Waals surface area contributed by atoms with Gasteiger partial charge in [-0.1, -0.05) is 31.2 Å². The lowest BCUT2D eigenvalue weighted by Gasteiger charge is -2.19. The molecule has 0 radical (unpaired) electrons. The second kappa shape index (κ2) is 13.4. The molecule has 0 spiro atoms. The van der Waals surface area contributed by atoms with Gasteiger partial charge in [-0.15, -0.1) is 0 Å². The van der Waals surface area contributed by atoms with E-state index in [9.17, 15) is 4.79 Å². The predicted molar refractivity (Wildman–Crippen MR) is 122 cm³/mol. The zero-order valence-corrected chi connectivity index (χ0v) is 18.5. The number of anilines is 1. The quantitative estimate of drug-likeness (QED) is 0.479. The van der Waals surface area contributed by atoms with E-state index in [0.717, 1.165) is 34.9 Å². The summed E-state index contributed by atoms with van der Waals surface area (Å²) in [6.45, 7) is 8.64. The van der Waals surface area contributed by atoms with Crippen molar-refractivity contribution in [1.82, 2.24) is 14.9 Å². The molecule has 29 heavy (non-hydrogen) atoms. The molecule has 0 bridgehead atoms. The number of benzene rings is 1. The standard InChI is InChI=1S/C17H22N4.C6H12O2/c1-5-7-10-21(4)16(6-2)13-8-9-14-12-19-17(18-3)20-15(14)11-13;1-6(2)8-5-3-4-7/h6-12H,5H2,1-4H3,(H,18,19,20);4,6H,3,5H2,1-2H3/b10-7+,16-6-;. The van der Waals surface area contributed by atoms with Crippen molar-refractivity contribution in [2.45, 2.75) is 46.6 Å². The van der Waals surface area contributed by atoms with Crippen molar-refractivity contribution < 1.29 is 9.53 Å². The number of carbonyl (C=O) groups excluding carboxylic acids is 1. The second-order valence-corrected chi connectivity index (χ2v) is 6.67. The van der Waals surface area contributed by atoms with E-state index in [2.05, 4.69) is 77.6 Å². The minimum Gasteiger partial charge on any atom is -0.378 e. The Balaban J connectivity index is 0.000000447. The van der Waals surface area contributed by atoms with Crippen LogP contribution in [0.1, 0.15) is 46.1 Å². The molecule has 0 aliphatic carbocycles. The van der Waals surface area contributed by atoms with Crippen LogP contribution in [-0.2, 0) is 9.53 Å². The van der Waals surface area contributed by atoms with Crippen LogP contribution in [0.25, 0.3) is 16.6 Å². The number of nitrogens with zero attached hydrogens (tertiary/aromatic N) is 3. The number of aldehydes is 1. The van der Waals surface area contributed by atoms with Gasteiger partial charge in [-0.3, -0.25) is 0 Å². The van der Waals surface area contributed by atoms with Gasteiger partial charge in [0.2, 0.25) is 5.95 Å². The maximum absolute atomic E-state index is 9.71. The summed E-state index contributed by atoms with van der Waals surface area (Å²) < 4.78 is 5.05. The van der Waals surface area contributed by atoms with Gasteiger partial charge in [0.05, 0.1) is 18.2 Å². The smallest absolute Gasteiger partial charge is 0.222 e. The molecule has 0 aliphatic heterocycles. The summed E-state index contributed by atoms with van der Waals surface area (Å²) in [5.74, 6) is 0.640. The van der Waals surface area contributed by atoms with Gasteiger partial charge < -0.3 is 19.7 Å². The molecule has 2 aromatic rings. The number of carbonyl (C=O) groups is 1. The lowest BCUT2D eigenvalue weighted by atomic mass is 10.1. The highest BCUT2D eigenvalue weighted by Crippen LogP contribution is 2.23. The number of rotatable bonds is 9. The molecule has 0 unspecified atom stereocenters. The van der Waals surface area contributed by atoms with Crippen LogP contribution in [0, 0.1) is 0 Å². The van der Waals surface area contributed by atoms with Gasteiger partial charge in [-0.2, -0.15) is 0 Å². The highest BCUT2D eigenvalue weighted by molar-refractivity contribution is 5.83. The van der Waals surface area contributed by atoms with Crippen LogP contribution in [0.3, 0.4) is 0 Å². The first-order valence-electron chi connectivity index (χ1n) is 10.0. The molecular weight excluding hydrogens is 364 g/mol. The maximum Gasteiger partial charge on any atom is 0.222 e. The van der Waals surface area contributed by atoms with E-state index >= 15 is 0 Å². The SMILES string of the molecule is C/C=C(/c1ccc2cnc(NC)nc2c1)N(C)/C=C/CC.CC(C)OCCC=O. The zero-order chi connectivity index (χ0) is 21.6. The van der Waals surface area contributed by atoms with E-state index in [0.29, 0.717) is 19.0 Å². The molecule has 0 saturated carbocycles. The fraction of sp³-hybridized carbons (Fsp3) is 0.435. The Morgan fingerprint density at radius 2 is 2.10 bits per heavy atom. The molecule has 0 aliphatic rings. The Labute approximate surface area is 174 Å². The molecule has 6 heteroatoms. The molecule has 1 aromatic heterocycles. The first-order valence-corrected chi connectivity index (χ1v) is 10.0. The third-order valence-electron chi connectivity index (χ3n) is 4.01. The highest BCUT2D eigenvalue weighted by atomic mass is 16.5. The highest BCUT2D eigenvalue weighted by Gasteiger charge is 2.07. The van der Waals surface area contributed by atoms with Crippen molar-refractivity contribution in [3.63, 3.8) is 0 Å². The molecule has 2 rings (SSSR count). The summed E-state index contributed by atoms with van der Waals surface area (Å²) in [7, 11) is 3.89. The fourth-order valence-electron chi connectivity index (χ4n) is 2.57. The average molecular weight is 399 g/mol. The normalized spacial score (nSPS) is 11.5. The number of aromatic nitrogens is 2. The van der Waals surface area contributed by atoms with Gasteiger partial charge in [0, 0.05) is 37.8 Å². The van der Waals surface area contributed by atoms with Gasteiger partial charge in [0.15, 0.2) is 0 Å². The number of fused-ring (bicyclic) bond motifs is 1. The lowest BCUT2D eigenvalue weighted by Crippen LogP contribution is -2.09. The zero-order valence-electron chi connectivity index (χ0n) is 18.5. The van der Waals surface area contributed by atoms with Crippen LogP contribution in [0.2, 0.25) is 0 Å². The van der Waals surface area contributed by atoms with E-state index in [1.165, 1.54) is 0 Å². The Kier molecular flexibility index (Phi) is 11.3. The number of nitrogens with one attached hydrogen (secondary N) is 1. The van der Waals surface area contributed by atoms with E-state index < -0.39 is 0 Å². The molecule has 0 fully saturated rings. The van der Waals surface area contributed by atoms with E-state index in [1.54, 1.807) is 0 Å². The largest absolute Gasteiger partial charge is 0.378 e. The Morgan fingerprint density at radius 3 is 2.69 bits per heavy atom. The molecule has 158 valence electrons. The minimum absolute atomic E-state index is 0.245. The minimum atomic E-state index is 0.245.